The van der Waals surface area contributed by atoms with Gasteiger partial charge in [0.25, 0.3) is 10.0 Å². The van der Waals surface area contributed by atoms with Crippen LogP contribution in [-0.4, -0.2) is 14.2 Å². The van der Waals surface area contributed by atoms with Crippen molar-refractivity contribution in [2.24, 2.45) is 0 Å². The third-order valence-corrected chi connectivity index (χ3v) is 4.39. The molecule has 18 heavy (non-hydrogen) atoms. The van der Waals surface area contributed by atoms with Crippen molar-refractivity contribution in [3.63, 3.8) is 0 Å². The quantitative estimate of drug-likeness (QED) is 0.876. The van der Waals surface area contributed by atoms with Crippen molar-refractivity contribution in [3.8, 4) is 0 Å². The molecule has 0 bridgehead atoms. The fourth-order valence-corrected chi connectivity index (χ4v) is 3.18. The highest BCUT2D eigenvalue weighted by Crippen LogP contribution is 2.19. The minimum atomic E-state index is -3.63. The fourth-order valence-electron chi connectivity index (χ4n) is 1.42. The molecule has 1 aromatic heterocycles. The summed E-state index contributed by atoms with van der Waals surface area (Å²) >= 11 is 1.40. The first-order chi connectivity index (χ1) is 8.49. The molecule has 6 heteroatoms. The maximum Gasteiger partial charge on any atom is 0.261 e. The molecule has 0 radical (unpaired) electrons. The van der Waals surface area contributed by atoms with Crippen molar-refractivity contribution in [3.05, 3.63) is 46.7 Å². The summed E-state index contributed by atoms with van der Waals surface area (Å²) in [5, 5.41) is 3.48. The van der Waals surface area contributed by atoms with Crippen molar-refractivity contribution in [1.82, 2.24) is 0 Å². The largest absolute Gasteiger partial charge is 0.295 e. The molecule has 0 aliphatic heterocycles. The molecule has 0 aliphatic rings. The van der Waals surface area contributed by atoms with Crippen LogP contribution >= 0.6 is 11.3 Å². The van der Waals surface area contributed by atoms with Crippen LogP contribution in [0.25, 0.3) is 0 Å². The Morgan fingerprint density at radius 2 is 2.06 bits per heavy atom. The molecule has 1 N–H and O–H groups in total. The van der Waals surface area contributed by atoms with Crippen molar-refractivity contribution >= 4 is 32.8 Å². The summed E-state index contributed by atoms with van der Waals surface area (Å²) in [5.41, 5.74) is 0.899. The molecule has 0 fully saturated rings. The van der Waals surface area contributed by atoms with E-state index in [0.717, 1.165) is 0 Å². The molecule has 4 nitrogen and oxygen atoms in total. The summed E-state index contributed by atoms with van der Waals surface area (Å²) in [6.07, 6.45) is 0. The van der Waals surface area contributed by atoms with E-state index < -0.39 is 10.0 Å². The Balaban J connectivity index is 2.35. The highest BCUT2D eigenvalue weighted by Gasteiger charge is 2.15. The standard InChI is InChI=1S/C12H11NO3S2/c1-9(14)10-3-2-4-12(7-10)18(15,16)13-11-5-6-17-8-11/h2-8,13H,1H3. The average molecular weight is 281 g/mol. The number of benzene rings is 1. The monoisotopic (exact) mass is 281 g/mol. The number of Topliss-reactive ketones (excluding diaryl/α,β-unsaturated/α-hetero) is 1. The van der Waals surface area contributed by atoms with Crippen molar-refractivity contribution < 1.29 is 13.2 Å². The molecule has 2 aromatic rings. The predicted octanol–water partition coefficient (Wildman–Crippen LogP) is 2.75. The first kappa shape index (κ1) is 12.8. The van der Waals surface area contributed by atoms with Gasteiger partial charge in [-0.05, 0) is 30.5 Å². The lowest BCUT2D eigenvalue weighted by atomic mass is 10.2. The molecular formula is C12H11NO3S2. The molecule has 2 rings (SSSR count). The number of ketones is 1. The van der Waals surface area contributed by atoms with Gasteiger partial charge in [-0.3, -0.25) is 9.52 Å². The Labute approximate surface area is 109 Å². The predicted molar refractivity (Wildman–Crippen MR) is 71.6 cm³/mol. The topological polar surface area (TPSA) is 63.2 Å². The Hall–Kier alpha value is -1.66. The second-order valence-electron chi connectivity index (χ2n) is 3.70. The smallest absolute Gasteiger partial charge is 0.261 e. The Bertz CT molecular complexity index is 660. The van der Waals surface area contributed by atoms with Gasteiger partial charge in [0.2, 0.25) is 0 Å². The van der Waals surface area contributed by atoms with E-state index in [9.17, 15) is 13.2 Å². The van der Waals surface area contributed by atoms with Crippen LogP contribution in [0, 0.1) is 0 Å². The second-order valence-corrected chi connectivity index (χ2v) is 6.16. The number of carbonyl (C=O) groups excluding carboxylic acids is 1. The van der Waals surface area contributed by atoms with Gasteiger partial charge >= 0.3 is 0 Å². The normalized spacial score (nSPS) is 11.2. The number of hydrogen-bond acceptors (Lipinski definition) is 4. The first-order valence-corrected chi connectivity index (χ1v) is 7.58. The molecule has 94 valence electrons. The first-order valence-electron chi connectivity index (χ1n) is 5.15. The third kappa shape index (κ3) is 2.77. The minimum absolute atomic E-state index is 0.0846. The molecular weight excluding hydrogens is 270 g/mol. The van der Waals surface area contributed by atoms with E-state index >= 15 is 0 Å². The zero-order chi connectivity index (χ0) is 13.2. The van der Waals surface area contributed by atoms with Gasteiger partial charge in [0.05, 0.1) is 10.6 Å². The Morgan fingerprint density at radius 1 is 1.28 bits per heavy atom. The summed E-state index contributed by atoms with van der Waals surface area (Å²) in [6.45, 7) is 1.40. The van der Waals surface area contributed by atoms with Gasteiger partial charge in [-0.15, -0.1) is 0 Å². The van der Waals surface area contributed by atoms with E-state index in [-0.39, 0.29) is 10.7 Å². The van der Waals surface area contributed by atoms with Crippen LogP contribution in [0.3, 0.4) is 0 Å². The number of thiophene rings is 1. The lowest BCUT2D eigenvalue weighted by Crippen LogP contribution is -2.12. The molecule has 0 saturated heterocycles. The van der Waals surface area contributed by atoms with E-state index in [1.807, 2.05) is 0 Å². The minimum Gasteiger partial charge on any atom is -0.295 e. The summed E-state index contributed by atoms with van der Waals surface area (Å²) in [7, 11) is -3.63. The van der Waals surface area contributed by atoms with Gasteiger partial charge < -0.3 is 0 Å². The van der Waals surface area contributed by atoms with Gasteiger partial charge in [-0.2, -0.15) is 11.3 Å². The lowest BCUT2D eigenvalue weighted by molar-refractivity contribution is 0.101. The Morgan fingerprint density at radius 3 is 2.67 bits per heavy atom. The van der Waals surface area contributed by atoms with Gasteiger partial charge in [0, 0.05) is 10.9 Å². The molecule has 0 unspecified atom stereocenters. The van der Waals surface area contributed by atoms with E-state index in [0.29, 0.717) is 11.3 Å². The lowest BCUT2D eigenvalue weighted by Gasteiger charge is -2.07. The van der Waals surface area contributed by atoms with Crippen LogP contribution in [-0.2, 0) is 10.0 Å². The number of rotatable bonds is 4. The van der Waals surface area contributed by atoms with Crippen LogP contribution in [0.4, 0.5) is 5.69 Å². The maximum atomic E-state index is 12.1. The van der Waals surface area contributed by atoms with Crippen LogP contribution in [0.15, 0.2) is 46.0 Å². The van der Waals surface area contributed by atoms with E-state index in [4.69, 9.17) is 0 Å². The molecule has 0 aliphatic carbocycles. The fraction of sp³-hybridized carbons (Fsp3) is 0.0833. The van der Waals surface area contributed by atoms with Crippen molar-refractivity contribution in [2.45, 2.75) is 11.8 Å². The molecule has 1 heterocycles. The highest BCUT2D eigenvalue weighted by molar-refractivity contribution is 7.92. The van der Waals surface area contributed by atoms with Crippen LogP contribution in [0.1, 0.15) is 17.3 Å². The number of anilines is 1. The summed E-state index contributed by atoms with van der Waals surface area (Å²) in [5.74, 6) is -0.164. The molecule has 0 atom stereocenters. The summed E-state index contributed by atoms with van der Waals surface area (Å²) in [4.78, 5) is 11.3. The van der Waals surface area contributed by atoms with Gasteiger partial charge in [-0.25, -0.2) is 8.42 Å². The summed E-state index contributed by atoms with van der Waals surface area (Å²) < 4.78 is 26.6. The summed E-state index contributed by atoms with van der Waals surface area (Å²) in [6, 6.07) is 7.65. The molecule has 0 spiro atoms. The van der Waals surface area contributed by atoms with E-state index in [1.165, 1.54) is 30.4 Å². The zero-order valence-electron chi connectivity index (χ0n) is 9.58. The maximum absolute atomic E-state index is 12.1. The van der Waals surface area contributed by atoms with E-state index in [2.05, 4.69) is 4.72 Å². The van der Waals surface area contributed by atoms with Gasteiger partial charge in [0.1, 0.15) is 0 Å². The van der Waals surface area contributed by atoms with Gasteiger partial charge in [0.15, 0.2) is 5.78 Å². The van der Waals surface area contributed by atoms with Crippen molar-refractivity contribution in [2.75, 3.05) is 4.72 Å². The highest BCUT2D eigenvalue weighted by atomic mass is 32.2. The SMILES string of the molecule is CC(=O)c1cccc(S(=O)(=O)Nc2ccsc2)c1. The number of sulfonamides is 1. The molecule has 1 aromatic carbocycles. The number of carbonyl (C=O) groups is 1. The number of nitrogens with one attached hydrogen (secondary N) is 1. The van der Waals surface area contributed by atoms with Gasteiger partial charge in [-0.1, -0.05) is 12.1 Å². The zero-order valence-corrected chi connectivity index (χ0v) is 11.2. The van der Waals surface area contributed by atoms with E-state index in [1.54, 1.807) is 29.0 Å². The van der Waals surface area contributed by atoms with Crippen molar-refractivity contribution in [1.29, 1.82) is 0 Å². The molecule has 0 saturated carbocycles. The Kier molecular flexibility index (Phi) is 3.49. The van der Waals surface area contributed by atoms with Crippen LogP contribution < -0.4 is 4.72 Å². The molecule has 0 amide bonds. The van der Waals surface area contributed by atoms with Crippen LogP contribution in [0.5, 0.6) is 0 Å². The van der Waals surface area contributed by atoms with Crippen LogP contribution in [0.2, 0.25) is 0 Å². The second kappa shape index (κ2) is 4.91. The average Bonchev–Trinajstić information content (AvgIpc) is 2.81. The third-order valence-electron chi connectivity index (χ3n) is 2.32. The number of hydrogen-bond donors (Lipinski definition) is 1.